The van der Waals surface area contributed by atoms with E-state index in [4.69, 9.17) is 11.2 Å². The van der Waals surface area contributed by atoms with Gasteiger partial charge in [-0.1, -0.05) is 35.7 Å². The van der Waals surface area contributed by atoms with Crippen molar-refractivity contribution in [2.75, 3.05) is 6.61 Å². The molecule has 1 aromatic rings. The van der Waals surface area contributed by atoms with Crippen LogP contribution in [0.1, 0.15) is 38.7 Å². The molecule has 1 aliphatic carbocycles. The molecule has 0 saturated heterocycles. The van der Waals surface area contributed by atoms with E-state index < -0.39 is 0 Å². The van der Waals surface area contributed by atoms with Crippen molar-refractivity contribution >= 4 is 15.9 Å². The van der Waals surface area contributed by atoms with Gasteiger partial charge in [-0.05, 0) is 49.3 Å². The minimum absolute atomic E-state index is 0.311. The number of terminal acetylenes is 1. The van der Waals surface area contributed by atoms with Crippen molar-refractivity contribution in [1.29, 1.82) is 0 Å². The molecule has 1 saturated carbocycles. The lowest BCUT2D eigenvalue weighted by molar-refractivity contribution is 0.226. The van der Waals surface area contributed by atoms with Gasteiger partial charge in [0.25, 0.3) is 0 Å². The molecule has 114 valence electrons. The number of rotatable bonds is 5. The second-order valence-electron chi connectivity index (χ2n) is 6.13. The van der Waals surface area contributed by atoms with Crippen LogP contribution < -0.4 is 10.1 Å². The molecular weight excluding hydrogens is 326 g/mol. The van der Waals surface area contributed by atoms with Crippen molar-refractivity contribution in [2.24, 2.45) is 11.8 Å². The average Bonchev–Trinajstić information content (AvgIpc) is 2.45. The summed E-state index contributed by atoms with van der Waals surface area (Å²) in [5.74, 6) is 4.99. The smallest absolute Gasteiger partial charge is 0.148 e. The van der Waals surface area contributed by atoms with E-state index in [1.807, 2.05) is 12.1 Å². The van der Waals surface area contributed by atoms with Crippen molar-refractivity contribution in [3.63, 3.8) is 0 Å². The van der Waals surface area contributed by atoms with E-state index in [0.29, 0.717) is 12.6 Å². The van der Waals surface area contributed by atoms with Crippen LogP contribution in [-0.4, -0.2) is 12.6 Å². The summed E-state index contributed by atoms with van der Waals surface area (Å²) >= 11 is 3.53. The molecule has 2 rings (SSSR count). The maximum atomic E-state index is 5.63. The lowest BCUT2D eigenvalue weighted by atomic mass is 9.80. The fourth-order valence-electron chi connectivity index (χ4n) is 3.16. The van der Waals surface area contributed by atoms with Crippen molar-refractivity contribution in [3.05, 3.63) is 28.2 Å². The van der Waals surface area contributed by atoms with Crippen LogP contribution in [0, 0.1) is 24.2 Å². The van der Waals surface area contributed by atoms with E-state index in [2.05, 4.69) is 47.1 Å². The average molecular weight is 350 g/mol. The maximum absolute atomic E-state index is 5.63. The molecule has 1 aliphatic rings. The normalized spacial score (nSPS) is 25.3. The highest BCUT2D eigenvalue weighted by molar-refractivity contribution is 9.10. The van der Waals surface area contributed by atoms with Crippen molar-refractivity contribution in [2.45, 2.75) is 45.7 Å². The van der Waals surface area contributed by atoms with E-state index in [9.17, 15) is 0 Å². The Morgan fingerprint density at radius 1 is 1.38 bits per heavy atom. The first-order chi connectivity index (χ1) is 10.1. The number of ether oxygens (including phenoxy) is 1. The summed E-state index contributed by atoms with van der Waals surface area (Å²) in [5, 5.41) is 3.70. The van der Waals surface area contributed by atoms with Gasteiger partial charge < -0.3 is 10.1 Å². The van der Waals surface area contributed by atoms with Crippen LogP contribution in [0.5, 0.6) is 5.75 Å². The Labute approximate surface area is 136 Å². The first kappa shape index (κ1) is 16.4. The van der Waals surface area contributed by atoms with E-state index in [-0.39, 0.29) is 0 Å². The zero-order chi connectivity index (χ0) is 15.2. The molecule has 0 spiro atoms. The zero-order valence-electron chi connectivity index (χ0n) is 12.9. The topological polar surface area (TPSA) is 21.3 Å². The largest absolute Gasteiger partial charge is 0.481 e. The minimum Gasteiger partial charge on any atom is -0.481 e. The molecular formula is C18H24BrNO. The van der Waals surface area contributed by atoms with Gasteiger partial charge in [-0.2, -0.15) is 0 Å². The summed E-state index contributed by atoms with van der Waals surface area (Å²) in [4.78, 5) is 0. The van der Waals surface area contributed by atoms with Crippen LogP contribution in [0.3, 0.4) is 0 Å². The van der Waals surface area contributed by atoms with Gasteiger partial charge in [0, 0.05) is 22.6 Å². The summed E-state index contributed by atoms with van der Waals surface area (Å²) in [6, 6.07) is 6.67. The van der Waals surface area contributed by atoms with Crippen LogP contribution in [0.25, 0.3) is 0 Å². The fourth-order valence-corrected chi connectivity index (χ4v) is 3.56. The van der Waals surface area contributed by atoms with E-state index in [1.165, 1.54) is 19.3 Å². The number of hydrogen-bond acceptors (Lipinski definition) is 2. The molecule has 2 nitrogen and oxygen atoms in total. The standard InChI is InChI=1S/C18H24BrNO/c1-4-9-21-18-8-6-16(19)11-15(18)12-20-17-7-5-13(2)10-14(17)3/h1,6,8,11,13-14,17,20H,5,7,9-10,12H2,2-3H3. The van der Waals surface area contributed by atoms with E-state index in [0.717, 1.165) is 34.2 Å². The molecule has 0 heterocycles. The van der Waals surface area contributed by atoms with Gasteiger partial charge >= 0.3 is 0 Å². The van der Waals surface area contributed by atoms with Crippen LogP contribution in [0.4, 0.5) is 0 Å². The van der Waals surface area contributed by atoms with Crippen LogP contribution in [0.15, 0.2) is 22.7 Å². The molecule has 0 radical (unpaired) electrons. The van der Waals surface area contributed by atoms with Crippen LogP contribution in [0.2, 0.25) is 0 Å². The molecule has 1 fully saturated rings. The number of halogens is 1. The summed E-state index contributed by atoms with van der Waals surface area (Å²) in [7, 11) is 0. The monoisotopic (exact) mass is 349 g/mol. The predicted octanol–water partition coefficient (Wildman–Crippen LogP) is 4.38. The molecule has 3 heteroatoms. The Bertz CT molecular complexity index is 508. The zero-order valence-corrected chi connectivity index (χ0v) is 14.4. The molecule has 0 bridgehead atoms. The van der Waals surface area contributed by atoms with Gasteiger partial charge in [-0.15, -0.1) is 6.42 Å². The van der Waals surface area contributed by atoms with Gasteiger partial charge in [0.05, 0.1) is 0 Å². The van der Waals surface area contributed by atoms with E-state index >= 15 is 0 Å². The molecule has 21 heavy (non-hydrogen) atoms. The van der Waals surface area contributed by atoms with Gasteiger partial charge in [0.1, 0.15) is 12.4 Å². The third-order valence-electron chi connectivity index (χ3n) is 4.32. The summed E-state index contributed by atoms with van der Waals surface area (Å²) < 4.78 is 6.70. The van der Waals surface area contributed by atoms with Gasteiger partial charge in [-0.3, -0.25) is 0 Å². The predicted molar refractivity (Wildman–Crippen MR) is 91.3 cm³/mol. The van der Waals surface area contributed by atoms with Crippen molar-refractivity contribution in [1.82, 2.24) is 5.32 Å². The lowest BCUT2D eigenvalue weighted by Crippen LogP contribution is -2.38. The Kier molecular flexibility index (Phi) is 6.14. The van der Waals surface area contributed by atoms with Gasteiger partial charge in [-0.25, -0.2) is 0 Å². The first-order valence-electron chi connectivity index (χ1n) is 7.68. The Morgan fingerprint density at radius 2 is 2.19 bits per heavy atom. The highest BCUT2D eigenvalue weighted by atomic mass is 79.9. The molecule has 0 aromatic heterocycles. The molecule has 0 aliphatic heterocycles. The molecule has 1 N–H and O–H groups in total. The fraction of sp³-hybridized carbons (Fsp3) is 0.556. The molecule has 3 atom stereocenters. The minimum atomic E-state index is 0.311. The summed E-state index contributed by atoms with van der Waals surface area (Å²) in [6.45, 7) is 5.84. The highest BCUT2D eigenvalue weighted by Gasteiger charge is 2.24. The quantitative estimate of drug-likeness (QED) is 0.796. The highest BCUT2D eigenvalue weighted by Crippen LogP contribution is 2.29. The van der Waals surface area contributed by atoms with Crippen molar-refractivity contribution in [3.8, 4) is 18.1 Å². The van der Waals surface area contributed by atoms with Gasteiger partial charge in [0.2, 0.25) is 0 Å². The molecule has 0 amide bonds. The van der Waals surface area contributed by atoms with Crippen LogP contribution >= 0.6 is 15.9 Å². The molecule has 3 unspecified atom stereocenters. The van der Waals surface area contributed by atoms with E-state index in [1.54, 1.807) is 0 Å². The second kappa shape index (κ2) is 7.87. The van der Waals surface area contributed by atoms with Gasteiger partial charge in [0.15, 0.2) is 0 Å². The SMILES string of the molecule is C#CCOc1ccc(Br)cc1CNC1CCC(C)CC1C. The van der Waals surface area contributed by atoms with Crippen molar-refractivity contribution < 1.29 is 4.74 Å². The Hall–Kier alpha value is -0.980. The summed E-state index contributed by atoms with van der Waals surface area (Å²) in [6.07, 6.45) is 9.18. The number of benzene rings is 1. The Morgan fingerprint density at radius 3 is 2.90 bits per heavy atom. The number of hydrogen-bond donors (Lipinski definition) is 1. The third-order valence-corrected chi connectivity index (χ3v) is 4.81. The van der Waals surface area contributed by atoms with Crippen LogP contribution in [-0.2, 0) is 6.54 Å². The third kappa shape index (κ3) is 4.76. The maximum Gasteiger partial charge on any atom is 0.148 e. The second-order valence-corrected chi connectivity index (χ2v) is 7.04. The first-order valence-corrected chi connectivity index (χ1v) is 8.47. The summed E-state index contributed by atoms with van der Waals surface area (Å²) in [5.41, 5.74) is 1.16. The molecule has 1 aromatic carbocycles. The number of nitrogens with one attached hydrogen (secondary N) is 1. The Balaban J connectivity index is 1.98. The lowest BCUT2D eigenvalue weighted by Gasteiger charge is -2.33.